The van der Waals surface area contributed by atoms with E-state index >= 15 is 0 Å². The van der Waals surface area contributed by atoms with Gasteiger partial charge in [0.25, 0.3) is 0 Å². The third-order valence-electron chi connectivity index (χ3n) is 11.3. The highest BCUT2D eigenvalue weighted by atomic mass is 16.7. The summed E-state index contributed by atoms with van der Waals surface area (Å²) < 4.78 is 22.6. The van der Waals surface area contributed by atoms with Crippen molar-refractivity contribution in [2.24, 2.45) is 0 Å². The number of carbonyl (C=O) groups is 3. The van der Waals surface area contributed by atoms with E-state index in [0.717, 1.165) is 64.2 Å². The number of esters is 2. The molecule has 0 aliphatic heterocycles. The van der Waals surface area contributed by atoms with Gasteiger partial charge >= 0.3 is 11.9 Å². The Morgan fingerprint density at radius 3 is 1.31 bits per heavy atom. The van der Waals surface area contributed by atoms with Crippen molar-refractivity contribution in [2.75, 3.05) is 47.5 Å². The van der Waals surface area contributed by atoms with Crippen LogP contribution in [0.25, 0.3) is 0 Å². The largest absolute Gasteiger partial charge is 0.545 e. The fraction of sp³-hybridized carbons (Fsp3) is 0.768. The van der Waals surface area contributed by atoms with Gasteiger partial charge in [-0.3, -0.25) is 9.59 Å². The van der Waals surface area contributed by atoms with E-state index < -0.39 is 24.3 Å². The number of unbranched alkanes of at least 4 members (excludes halogenated alkanes) is 23. The predicted octanol–water partition coefficient (Wildman–Crippen LogP) is 13.6. The molecule has 0 saturated heterocycles. The smallest absolute Gasteiger partial charge is 0.306 e. The van der Waals surface area contributed by atoms with E-state index in [-0.39, 0.29) is 32.2 Å². The molecule has 0 bridgehead atoms. The molecule has 0 aromatic rings. The summed E-state index contributed by atoms with van der Waals surface area (Å²) in [7, 11) is 5.91. The summed E-state index contributed by atoms with van der Waals surface area (Å²) in [5, 5.41) is 11.7. The minimum absolute atomic E-state index is 0.148. The summed E-state index contributed by atoms with van der Waals surface area (Å²) >= 11 is 0. The van der Waals surface area contributed by atoms with E-state index in [1.54, 1.807) is 0 Å². The topological polar surface area (TPSA) is 111 Å². The van der Waals surface area contributed by atoms with Crippen molar-refractivity contribution in [3.05, 3.63) is 60.8 Å². The average molecular weight is 914 g/mol. The van der Waals surface area contributed by atoms with Crippen molar-refractivity contribution in [2.45, 2.75) is 232 Å². The molecule has 0 aliphatic rings. The summed E-state index contributed by atoms with van der Waals surface area (Å²) in [6.45, 7) is 4.61. The van der Waals surface area contributed by atoms with Gasteiger partial charge in [0.05, 0.1) is 40.3 Å². The molecule has 0 saturated carbocycles. The number of carbonyl (C=O) groups excluding carboxylic acids is 3. The number of nitrogens with zero attached hydrogens (tertiary/aromatic N) is 1. The van der Waals surface area contributed by atoms with Crippen LogP contribution in [0.3, 0.4) is 0 Å². The van der Waals surface area contributed by atoms with E-state index in [4.69, 9.17) is 18.9 Å². The molecule has 0 amide bonds. The van der Waals surface area contributed by atoms with Crippen LogP contribution in [0.1, 0.15) is 219 Å². The number of rotatable bonds is 48. The van der Waals surface area contributed by atoms with Gasteiger partial charge < -0.3 is 33.3 Å². The second-order valence-corrected chi connectivity index (χ2v) is 18.8. The van der Waals surface area contributed by atoms with E-state index in [0.29, 0.717) is 23.9 Å². The molecule has 65 heavy (non-hydrogen) atoms. The Morgan fingerprint density at radius 2 is 0.877 bits per heavy atom. The van der Waals surface area contributed by atoms with Gasteiger partial charge in [0.1, 0.15) is 13.2 Å². The SMILES string of the molecule is CC/C=C\C/C=C\C/C=C\C/C=C\C/C=C\CCCCCCCCCCCCCCCCCC(=O)OC(COC(=O)CCCCCCCCCCC)COC(OCC[N+](C)(C)C)C(=O)[O-]. The van der Waals surface area contributed by atoms with E-state index in [1.165, 1.54) is 122 Å². The number of aliphatic carboxylic acids is 1. The Kier molecular flexibility index (Phi) is 45.3. The molecule has 9 nitrogen and oxygen atoms in total. The second kappa shape index (κ2) is 47.5. The van der Waals surface area contributed by atoms with Crippen LogP contribution < -0.4 is 5.11 Å². The zero-order chi connectivity index (χ0) is 47.7. The molecule has 0 radical (unpaired) electrons. The summed E-state index contributed by atoms with van der Waals surface area (Å²) in [5.41, 5.74) is 0. The second-order valence-electron chi connectivity index (χ2n) is 18.8. The molecule has 0 fully saturated rings. The number of allylic oxidation sites excluding steroid dienone is 10. The molecule has 2 unspecified atom stereocenters. The van der Waals surface area contributed by atoms with Gasteiger partial charge in [-0.05, 0) is 57.8 Å². The Labute approximate surface area is 399 Å². The molecule has 9 heteroatoms. The van der Waals surface area contributed by atoms with Gasteiger partial charge in [-0.1, -0.05) is 209 Å². The number of quaternary nitrogens is 1. The van der Waals surface area contributed by atoms with E-state index in [1.807, 2.05) is 21.1 Å². The maximum absolute atomic E-state index is 12.8. The molecule has 0 spiro atoms. The van der Waals surface area contributed by atoms with Gasteiger partial charge in [-0.2, -0.15) is 0 Å². The molecular formula is C56H99NO8. The zero-order valence-corrected chi connectivity index (χ0v) is 42.6. The van der Waals surface area contributed by atoms with Crippen molar-refractivity contribution in [1.29, 1.82) is 0 Å². The lowest BCUT2D eigenvalue weighted by molar-refractivity contribution is -0.870. The van der Waals surface area contributed by atoms with E-state index in [9.17, 15) is 19.5 Å². The maximum Gasteiger partial charge on any atom is 0.306 e. The van der Waals surface area contributed by atoms with Gasteiger partial charge in [0.2, 0.25) is 0 Å². The minimum Gasteiger partial charge on any atom is -0.545 e. The molecule has 0 heterocycles. The quantitative estimate of drug-likeness (QED) is 0.0195. The molecular weight excluding hydrogens is 815 g/mol. The maximum atomic E-state index is 12.8. The molecule has 0 aromatic heterocycles. The van der Waals surface area contributed by atoms with Gasteiger partial charge in [-0.15, -0.1) is 0 Å². The van der Waals surface area contributed by atoms with Crippen LogP contribution in [0.4, 0.5) is 0 Å². The lowest BCUT2D eigenvalue weighted by Gasteiger charge is -2.26. The number of carboxylic acids is 1. The first-order chi connectivity index (χ1) is 31.6. The van der Waals surface area contributed by atoms with Crippen LogP contribution >= 0.6 is 0 Å². The number of carboxylic acid groups (broad SMARTS) is 1. The highest BCUT2D eigenvalue weighted by Crippen LogP contribution is 2.16. The fourth-order valence-electron chi connectivity index (χ4n) is 7.21. The van der Waals surface area contributed by atoms with Gasteiger partial charge in [0, 0.05) is 12.8 Å². The lowest BCUT2D eigenvalue weighted by Crippen LogP contribution is -2.44. The highest BCUT2D eigenvalue weighted by molar-refractivity contribution is 5.70. The normalized spacial score (nSPS) is 13.3. The zero-order valence-electron chi connectivity index (χ0n) is 42.6. The highest BCUT2D eigenvalue weighted by Gasteiger charge is 2.22. The minimum atomic E-state index is -1.62. The van der Waals surface area contributed by atoms with Crippen molar-refractivity contribution < 1.29 is 42.9 Å². The number of ether oxygens (including phenoxy) is 4. The van der Waals surface area contributed by atoms with Crippen molar-refractivity contribution >= 4 is 17.9 Å². The Morgan fingerprint density at radius 1 is 0.477 bits per heavy atom. The van der Waals surface area contributed by atoms with E-state index in [2.05, 4.69) is 74.6 Å². The standard InChI is InChI=1S/C56H99NO8/c1-6-8-10-12-14-16-17-18-19-20-21-22-23-24-25-26-27-28-29-30-31-32-33-34-35-36-37-39-41-43-45-47-54(59)65-52(51-64-56(55(60)61)62-49-48-57(3,4)5)50-63-53(58)46-44-42-40-38-15-13-11-9-7-2/h8,10,14,16,18-19,21-22,24-25,52,56H,6-7,9,11-13,15,17,20,23,26-51H2,1-5H3/b10-8-,16-14-,19-18-,22-21-,25-24-. The van der Waals surface area contributed by atoms with Gasteiger partial charge in [0.15, 0.2) is 12.4 Å². The molecule has 0 aromatic carbocycles. The Balaban J connectivity index is 4.09. The average Bonchev–Trinajstić information content (AvgIpc) is 3.27. The monoisotopic (exact) mass is 914 g/mol. The Hall–Kier alpha value is -3.01. The third-order valence-corrected chi connectivity index (χ3v) is 11.3. The van der Waals surface area contributed by atoms with Crippen LogP contribution in [0.2, 0.25) is 0 Å². The molecule has 376 valence electrons. The molecule has 2 atom stereocenters. The van der Waals surface area contributed by atoms with Crippen LogP contribution in [0, 0.1) is 0 Å². The van der Waals surface area contributed by atoms with Crippen molar-refractivity contribution in [3.63, 3.8) is 0 Å². The summed E-state index contributed by atoms with van der Waals surface area (Å²) in [5.74, 6) is -2.28. The van der Waals surface area contributed by atoms with Crippen LogP contribution in [-0.2, 0) is 33.3 Å². The van der Waals surface area contributed by atoms with Crippen molar-refractivity contribution in [3.8, 4) is 0 Å². The predicted molar refractivity (Wildman–Crippen MR) is 269 cm³/mol. The lowest BCUT2D eigenvalue weighted by atomic mass is 10.0. The van der Waals surface area contributed by atoms with Gasteiger partial charge in [-0.25, -0.2) is 0 Å². The van der Waals surface area contributed by atoms with Crippen LogP contribution in [-0.4, -0.2) is 82.3 Å². The first-order valence-corrected chi connectivity index (χ1v) is 26.4. The fourth-order valence-corrected chi connectivity index (χ4v) is 7.21. The Bertz CT molecular complexity index is 1250. The van der Waals surface area contributed by atoms with Crippen LogP contribution in [0.5, 0.6) is 0 Å². The summed E-state index contributed by atoms with van der Waals surface area (Å²) in [6, 6.07) is 0. The van der Waals surface area contributed by atoms with Crippen molar-refractivity contribution in [1.82, 2.24) is 0 Å². The summed E-state index contributed by atoms with van der Waals surface area (Å²) in [6.07, 6.45) is 55.7. The number of hydrogen-bond donors (Lipinski definition) is 0. The first-order valence-electron chi connectivity index (χ1n) is 26.4. The number of likely N-dealkylation sites (N-methyl/N-ethyl adjacent to an activating group) is 1. The third kappa shape index (κ3) is 48.7. The molecule has 0 aliphatic carbocycles. The first kappa shape index (κ1) is 62.0. The van der Waals surface area contributed by atoms with Crippen LogP contribution in [0.15, 0.2) is 60.8 Å². The molecule has 0 rings (SSSR count). The number of hydrogen-bond acceptors (Lipinski definition) is 8. The molecule has 0 N–H and O–H groups in total. The summed E-state index contributed by atoms with van der Waals surface area (Å²) in [4.78, 5) is 37.0.